The lowest BCUT2D eigenvalue weighted by molar-refractivity contribution is 0.582. The Bertz CT molecular complexity index is 436. The normalized spacial score (nSPS) is 23.1. The lowest BCUT2D eigenvalue weighted by atomic mass is 10.1. The minimum atomic E-state index is 0.565. The van der Waals surface area contributed by atoms with Crippen LogP contribution in [0, 0.1) is 6.92 Å². The van der Waals surface area contributed by atoms with E-state index < -0.39 is 0 Å². The molecular weight excluding hydrogens is 308 g/mol. The molecule has 2 rings (SSSR count). The maximum atomic E-state index is 3.71. The molecule has 2 unspecified atom stereocenters. The van der Waals surface area contributed by atoms with Crippen LogP contribution in [-0.2, 0) is 0 Å². The van der Waals surface area contributed by atoms with Crippen molar-refractivity contribution >= 4 is 33.4 Å². The molecule has 1 aliphatic rings. The van der Waals surface area contributed by atoms with Gasteiger partial charge in [-0.25, -0.2) is 0 Å². The molecule has 18 heavy (non-hydrogen) atoms. The third kappa shape index (κ3) is 2.70. The molecule has 0 aromatic heterocycles. The van der Waals surface area contributed by atoms with Gasteiger partial charge in [-0.05, 0) is 67.5 Å². The highest BCUT2D eigenvalue weighted by Crippen LogP contribution is 2.46. The second kappa shape index (κ2) is 5.85. The van der Waals surface area contributed by atoms with Gasteiger partial charge in [-0.3, -0.25) is 0 Å². The van der Waals surface area contributed by atoms with Crippen molar-refractivity contribution in [3.8, 4) is 0 Å². The molecule has 4 heteroatoms. The number of fused-ring (bicyclic) bond motifs is 1. The first-order valence-electron chi connectivity index (χ1n) is 6.39. The van der Waals surface area contributed by atoms with Crippen molar-refractivity contribution < 1.29 is 0 Å². The van der Waals surface area contributed by atoms with Gasteiger partial charge in [-0.1, -0.05) is 0 Å². The Morgan fingerprint density at radius 2 is 2.17 bits per heavy atom. The van der Waals surface area contributed by atoms with Crippen LogP contribution in [0.3, 0.4) is 0 Å². The average Bonchev–Trinajstić information content (AvgIpc) is 2.31. The molecule has 1 aromatic rings. The smallest absolute Gasteiger partial charge is 0.0649 e. The Morgan fingerprint density at radius 3 is 2.83 bits per heavy atom. The molecule has 0 saturated carbocycles. The quantitative estimate of drug-likeness (QED) is 0.911. The molecule has 2 nitrogen and oxygen atoms in total. The fourth-order valence-corrected chi connectivity index (χ4v) is 4.98. The number of benzene rings is 1. The zero-order valence-electron chi connectivity index (χ0n) is 11.5. The summed E-state index contributed by atoms with van der Waals surface area (Å²) in [5, 5.41) is 3.91. The van der Waals surface area contributed by atoms with Gasteiger partial charge in [0.05, 0.1) is 5.69 Å². The third-order valence-corrected chi connectivity index (χ3v) is 5.73. The average molecular weight is 329 g/mol. The first-order valence-corrected chi connectivity index (χ1v) is 8.06. The number of hydrogen-bond acceptors (Lipinski definition) is 3. The number of hydrogen-bond donors (Lipinski definition) is 1. The van der Waals surface area contributed by atoms with Crippen molar-refractivity contribution in [3.05, 3.63) is 22.2 Å². The van der Waals surface area contributed by atoms with E-state index in [2.05, 4.69) is 59.2 Å². The molecular formula is C14H21BrN2S. The van der Waals surface area contributed by atoms with Crippen LogP contribution in [0.5, 0.6) is 0 Å². The van der Waals surface area contributed by atoms with Crippen molar-refractivity contribution in [3.63, 3.8) is 0 Å². The summed E-state index contributed by atoms with van der Waals surface area (Å²) in [6.45, 7) is 5.56. The first-order chi connectivity index (χ1) is 8.54. The zero-order valence-corrected chi connectivity index (χ0v) is 13.9. The Hall–Kier alpha value is -0.190. The highest BCUT2D eigenvalue weighted by atomic mass is 79.9. The molecule has 0 bridgehead atoms. The monoisotopic (exact) mass is 328 g/mol. The van der Waals surface area contributed by atoms with Crippen LogP contribution in [0.4, 0.5) is 5.69 Å². The number of halogens is 1. The second-order valence-corrected chi connectivity index (χ2v) is 7.13. The van der Waals surface area contributed by atoms with E-state index >= 15 is 0 Å². The highest BCUT2D eigenvalue weighted by molar-refractivity contribution is 9.10. The van der Waals surface area contributed by atoms with E-state index in [9.17, 15) is 0 Å². The maximum absolute atomic E-state index is 3.71. The summed E-state index contributed by atoms with van der Waals surface area (Å²) in [6.07, 6.45) is 1.21. The Morgan fingerprint density at radius 1 is 1.44 bits per heavy atom. The number of nitrogens with one attached hydrogen (secondary N) is 1. The van der Waals surface area contributed by atoms with Gasteiger partial charge in [0, 0.05) is 27.7 Å². The highest BCUT2D eigenvalue weighted by Gasteiger charge is 2.30. The fourth-order valence-electron chi connectivity index (χ4n) is 2.44. The van der Waals surface area contributed by atoms with Gasteiger partial charge in [0.2, 0.25) is 0 Å². The largest absolute Gasteiger partial charge is 0.369 e. The number of rotatable bonds is 3. The molecule has 100 valence electrons. The SMILES string of the molecule is CNCCC1Sc2cc(C)cc(Br)c2N(C)C1C. The molecule has 0 fully saturated rings. The number of anilines is 1. The summed E-state index contributed by atoms with van der Waals surface area (Å²) in [5.74, 6) is 0. The fraction of sp³-hybridized carbons (Fsp3) is 0.571. The third-order valence-electron chi connectivity index (χ3n) is 3.63. The van der Waals surface area contributed by atoms with Crippen LogP contribution >= 0.6 is 27.7 Å². The molecule has 0 radical (unpaired) electrons. The number of aryl methyl sites for hydroxylation is 1. The van der Waals surface area contributed by atoms with Gasteiger partial charge in [-0.15, -0.1) is 11.8 Å². The van der Waals surface area contributed by atoms with Crippen LogP contribution < -0.4 is 10.2 Å². The Kier molecular flexibility index (Phi) is 4.62. The standard InChI is InChI=1S/C14H21BrN2S/c1-9-7-11(15)14-13(8-9)18-12(5-6-16-3)10(2)17(14)4/h7-8,10,12,16H,5-6H2,1-4H3. The number of thioether (sulfide) groups is 1. The van der Waals surface area contributed by atoms with Crippen molar-refractivity contribution in [1.29, 1.82) is 0 Å². The van der Waals surface area contributed by atoms with Crippen LogP contribution in [0.15, 0.2) is 21.5 Å². The summed E-state index contributed by atoms with van der Waals surface area (Å²) < 4.78 is 1.21. The van der Waals surface area contributed by atoms with Crippen molar-refractivity contribution in [2.45, 2.75) is 36.5 Å². The molecule has 0 saturated heterocycles. The summed E-state index contributed by atoms with van der Waals surface area (Å²) in [5.41, 5.74) is 2.67. The van der Waals surface area contributed by atoms with Crippen LogP contribution in [0.2, 0.25) is 0 Å². The topological polar surface area (TPSA) is 15.3 Å². The minimum Gasteiger partial charge on any atom is -0.369 e. The lowest BCUT2D eigenvalue weighted by Crippen LogP contribution is -2.41. The van der Waals surface area contributed by atoms with Crippen molar-refractivity contribution in [2.75, 3.05) is 25.5 Å². The maximum Gasteiger partial charge on any atom is 0.0649 e. The molecule has 1 aromatic carbocycles. The van der Waals surface area contributed by atoms with Crippen molar-refractivity contribution in [1.82, 2.24) is 5.32 Å². The van der Waals surface area contributed by atoms with E-state index in [4.69, 9.17) is 0 Å². The summed E-state index contributed by atoms with van der Waals surface area (Å²) >= 11 is 5.73. The summed E-state index contributed by atoms with van der Waals surface area (Å²) in [7, 11) is 4.23. The molecule has 1 aliphatic heterocycles. The second-order valence-electron chi connectivity index (χ2n) is 4.99. The first kappa shape index (κ1) is 14.2. The molecule has 2 atom stereocenters. The Balaban J connectivity index is 2.32. The van der Waals surface area contributed by atoms with Gasteiger partial charge in [0.1, 0.15) is 0 Å². The molecule has 0 amide bonds. The summed E-state index contributed by atoms with van der Waals surface area (Å²) in [4.78, 5) is 3.82. The zero-order chi connectivity index (χ0) is 13.3. The van der Waals surface area contributed by atoms with E-state index in [1.165, 1.54) is 27.0 Å². The van der Waals surface area contributed by atoms with Crippen molar-refractivity contribution in [2.24, 2.45) is 0 Å². The molecule has 1 N–H and O–H groups in total. The van der Waals surface area contributed by atoms with E-state index in [0.29, 0.717) is 11.3 Å². The van der Waals surface area contributed by atoms with Gasteiger partial charge in [0.25, 0.3) is 0 Å². The number of nitrogens with zero attached hydrogens (tertiary/aromatic N) is 1. The minimum absolute atomic E-state index is 0.565. The van der Waals surface area contributed by atoms with E-state index in [0.717, 1.165) is 6.54 Å². The van der Waals surface area contributed by atoms with Gasteiger partial charge >= 0.3 is 0 Å². The lowest BCUT2D eigenvalue weighted by Gasteiger charge is -2.40. The predicted molar refractivity (Wildman–Crippen MR) is 84.9 cm³/mol. The predicted octanol–water partition coefficient (Wildman–Crippen LogP) is 3.67. The Labute approximate surface area is 123 Å². The van der Waals surface area contributed by atoms with Crippen LogP contribution in [0.1, 0.15) is 18.9 Å². The van der Waals surface area contributed by atoms with E-state index in [-0.39, 0.29) is 0 Å². The van der Waals surface area contributed by atoms with Gasteiger partial charge < -0.3 is 10.2 Å². The van der Waals surface area contributed by atoms with Crippen LogP contribution in [-0.4, -0.2) is 31.9 Å². The molecule has 0 aliphatic carbocycles. The van der Waals surface area contributed by atoms with E-state index in [1.807, 2.05) is 18.8 Å². The molecule has 1 heterocycles. The van der Waals surface area contributed by atoms with Crippen LogP contribution in [0.25, 0.3) is 0 Å². The van der Waals surface area contributed by atoms with E-state index in [1.54, 1.807) is 0 Å². The molecule has 0 spiro atoms. The van der Waals surface area contributed by atoms with Gasteiger partial charge in [-0.2, -0.15) is 0 Å². The summed E-state index contributed by atoms with van der Waals surface area (Å²) in [6, 6.07) is 5.07. The van der Waals surface area contributed by atoms with Gasteiger partial charge in [0.15, 0.2) is 0 Å².